The summed E-state index contributed by atoms with van der Waals surface area (Å²) >= 11 is 0. The zero-order chi connectivity index (χ0) is 26.1. The van der Waals surface area contributed by atoms with Crippen LogP contribution in [0.2, 0.25) is 0 Å². The fraction of sp³-hybridized carbons (Fsp3) is 0.935. The summed E-state index contributed by atoms with van der Waals surface area (Å²) in [6.45, 7) is 18.1. The molecule has 0 aromatic heterocycles. The predicted octanol–water partition coefficient (Wildman–Crippen LogP) is 6.82. The molecule has 0 amide bonds. The lowest BCUT2D eigenvalue weighted by Crippen LogP contribution is -2.66. The van der Waals surface area contributed by atoms with E-state index in [0.29, 0.717) is 35.2 Å². The summed E-state index contributed by atoms with van der Waals surface area (Å²) in [6.07, 6.45) is 12.3. The molecule has 0 bridgehead atoms. The van der Waals surface area contributed by atoms with E-state index in [1.54, 1.807) is 6.92 Å². The van der Waals surface area contributed by atoms with E-state index in [4.69, 9.17) is 4.74 Å². The molecule has 5 rings (SSSR count). The summed E-state index contributed by atoms with van der Waals surface area (Å²) in [6, 6.07) is 0. The van der Waals surface area contributed by atoms with Crippen LogP contribution >= 0.6 is 0 Å². The summed E-state index contributed by atoms with van der Waals surface area (Å²) in [5, 5.41) is 17.5. The fourth-order valence-electron chi connectivity index (χ4n) is 11.7. The van der Waals surface area contributed by atoms with Crippen LogP contribution in [0.3, 0.4) is 0 Å². The Hall–Kier alpha value is -1.10. The van der Waals surface area contributed by atoms with Gasteiger partial charge >= 0.3 is 5.97 Å². The molecular weight excluding hydrogens is 448 g/mol. The Balaban J connectivity index is 1.54. The molecule has 5 aliphatic rings. The third kappa shape index (κ3) is 3.57. The Labute approximate surface area is 219 Å². The summed E-state index contributed by atoms with van der Waals surface area (Å²) in [4.78, 5) is 11.9. The van der Waals surface area contributed by atoms with Crippen LogP contribution in [0.15, 0.2) is 5.16 Å². The van der Waals surface area contributed by atoms with Crippen molar-refractivity contribution in [1.29, 1.82) is 0 Å². The lowest BCUT2D eigenvalue weighted by Gasteiger charge is -2.71. The second-order valence-electron chi connectivity index (χ2n) is 15.0. The Morgan fingerprint density at radius 1 is 0.917 bits per heavy atom. The zero-order valence-corrected chi connectivity index (χ0v) is 24.1. The van der Waals surface area contributed by atoms with Crippen molar-refractivity contribution in [2.45, 2.75) is 118 Å². The van der Waals surface area contributed by atoms with Crippen molar-refractivity contribution in [1.82, 2.24) is 5.32 Å². The van der Waals surface area contributed by atoms with Crippen molar-refractivity contribution in [3.63, 3.8) is 0 Å². The van der Waals surface area contributed by atoms with Crippen molar-refractivity contribution >= 4 is 11.7 Å². The Morgan fingerprint density at radius 3 is 2.36 bits per heavy atom. The molecule has 5 heteroatoms. The molecule has 4 saturated carbocycles. The number of fused-ring (bicyclic) bond motifs is 7. The highest BCUT2D eigenvalue weighted by molar-refractivity contribution is 5.84. The molecule has 1 heterocycles. The molecule has 0 aromatic rings. The van der Waals surface area contributed by atoms with Gasteiger partial charge in [0.05, 0.1) is 12.3 Å². The first kappa shape index (κ1) is 26.5. The largest absolute Gasteiger partial charge is 0.465 e. The standard InChI is InChI=1S/C31H52N2O3/c1-20(33-35)22-11-15-31(19-36-21(2)34)17-16-29(6)23(26(22)31)9-10-25-28(5)13-8-18-32-27(3,4)24(28)12-14-30(25,29)7/h22-26,32,35H,8-19H2,1-7H3/b33-20+/t22-,23+,24-,25+,26+,28-,29+,30+,31+/m0/s1. The number of ether oxygens (including phenoxy) is 1. The van der Waals surface area contributed by atoms with E-state index >= 15 is 0 Å². The first-order chi connectivity index (χ1) is 16.8. The first-order valence-corrected chi connectivity index (χ1v) is 14.9. The number of esters is 1. The van der Waals surface area contributed by atoms with Gasteiger partial charge in [-0.3, -0.25) is 4.79 Å². The normalized spacial score (nSPS) is 50.2. The molecule has 0 spiro atoms. The maximum Gasteiger partial charge on any atom is 0.302 e. The molecule has 1 aliphatic heterocycles. The number of oxime groups is 1. The van der Waals surface area contributed by atoms with Crippen LogP contribution in [0.1, 0.15) is 113 Å². The third-order valence-corrected chi connectivity index (χ3v) is 13.5. The maximum atomic E-state index is 11.9. The number of nitrogens with zero attached hydrogens (tertiary/aromatic N) is 1. The minimum absolute atomic E-state index is 0.0327. The molecule has 4 aliphatic carbocycles. The quantitative estimate of drug-likeness (QED) is 0.193. The Kier molecular flexibility index (Phi) is 6.41. The molecular formula is C31H52N2O3. The van der Waals surface area contributed by atoms with Crippen molar-refractivity contribution in [3.05, 3.63) is 0 Å². The summed E-state index contributed by atoms with van der Waals surface area (Å²) in [5.74, 6) is 2.62. The van der Waals surface area contributed by atoms with Gasteiger partial charge in [-0.05, 0) is 131 Å². The van der Waals surface area contributed by atoms with Crippen LogP contribution in [0.5, 0.6) is 0 Å². The van der Waals surface area contributed by atoms with Crippen LogP contribution in [0.4, 0.5) is 0 Å². The minimum atomic E-state index is -0.168. The third-order valence-electron chi connectivity index (χ3n) is 13.5. The smallest absolute Gasteiger partial charge is 0.302 e. The number of nitrogens with one attached hydrogen (secondary N) is 1. The highest BCUT2D eigenvalue weighted by atomic mass is 16.5. The van der Waals surface area contributed by atoms with E-state index in [2.05, 4.69) is 45.1 Å². The second-order valence-corrected chi connectivity index (χ2v) is 15.0. The van der Waals surface area contributed by atoms with Crippen LogP contribution in [-0.2, 0) is 9.53 Å². The molecule has 0 aromatic carbocycles. The van der Waals surface area contributed by atoms with Gasteiger partial charge in [-0.15, -0.1) is 0 Å². The predicted molar refractivity (Wildman–Crippen MR) is 144 cm³/mol. The van der Waals surface area contributed by atoms with Gasteiger partial charge in [0.15, 0.2) is 0 Å². The molecule has 1 saturated heterocycles. The number of hydrogen-bond acceptors (Lipinski definition) is 5. The average molecular weight is 501 g/mol. The molecule has 36 heavy (non-hydrogen) atoms. The number of rotatable bonds is 3. The maximum absolute atomic E-state index is 11.9. The molecule has 9 atom stereocenters. The van der Waals surface area contributed by atoms with Gasteiger partial charge in [0.2, 0.25) is 0 Å². The van der Waals surface area contributed by atoms with Gasteiger partial charge in [0.25, 0.3) is 0 Å². The summed E-state index contributed by atoms with van der Waals surface area (Å²) in [7, 11) is 0. The SMILES string of the molecule is CC(=O)OC[C@]12CC[C@@H](/C(C)=N/O)[C@@H]1[C@H]1CC[C@@H]3[C@@]4(C)CCCNC(C)(C)[C@@H]4CC[C@@]3(C)[C@]1(C)CC2. The Bertz CT molecular complexity index is 915. The molecule has 5 nitrogen and oxygen atoms in total. The molecule has 0 radical (unpaired) electrons. The number of hydrogen-bond donors (Lipinski definition) is 2. The zero-order valence-electron chi connectivity index (χ0n) is 24.1. The number of carbonyl (C=O) groups excluding carboxylic acids is 1. The van der Waals surface area contributed by atoms with E-state index < -0.39 is 0 Å². The minimum Gasteiger partial charge on any atom is -0.465 e. The van der Waals surface area contributed by atoms with Gasteiger partial charge in [-0.25, -0.2) is 0 Å². The highest BCUT2D eigenvalue weighted by Gasteiger charge is 2.70. The second kappa shape index (κ2) is 8.71. The lowest BCUT2D eigenvalue weighted by atomic mass is 9.33. The van der Waals surface area contributed by atoms with Crippen molar-refractivity contribution in [3.8, 4) is 0 Å². The van der Waals surface area contributed by atoms with Crippen molar-refractivity contribution in [2.75, 3.05) is 13.2 Å². The molecule has 204 valence electrons. The molecule has 0 unspecified atom stereocenters. The van der Waals surface area contributed by atoms with E-state index in [9.17, 15) is 10.0 Å². The fourth-order valence-corrected chi connectivity index (χ4v) is 11.7. The summed E-state index contributed by atoms with van der Waals surface area (Å²) in [5.41, 5.74) is 2.06. The van der Waals surface area contributed by atoms with Crippen LogP contribution in [0.25, 0.3) is 0 Å². The van der Waals surface area contributed by atoms with E-state index in [0.717, 1.165) is 43.4 Å². The highest BCUT2D eigenvalue weighted by Crippen LogP contribution is 2.76. The number of carbonyl (C=O) groups is 1. The van der Waals surface area contributed by atoms with E-state index in [1.165, 1.54) is 44.9 Å². The van der Waals surface area contributed by atoms with E-state index in [-0.39, 0.29) is 22.3 Å². The topological polar surface area (TPSA) is 70.9 Å². The van der Waals surface area contributed by atoms with Gasteiger partial charge < -0.3 is 15.3 Å². The average Bonchev–Trinajstić information content (AvgIpc) is 3.15. The first-order valence-electron chi connectivity index (χ1n) is 14.9. The molecule has 5 fully saturated rings. The monoisotopic (exact) mass is 500 g/mol. The van der Waals surface area contributed by atoms with Gasteiger partial charge in [0.1, 0.15) is 0 Å². The van der Waals surface area contributed by atoms with Crippen molar-refractivity contribution in [2.24, 2.45) is 56.4 Å². The summed E-state index contributed by atoms with van der Waals surface area (Å²) < 4.78 is 5.77. The van der Waals surface area contributed by atoms with Gasteiger partial charge in [-0.1, -0.05) is 25.9 Å². The van der Waals surface area contributed by atoms with Crippen molar-refractivity contribution < 1.29 is 14.7 Å². The Morgan fingerprint density at radius 2 is 1.67 bits per heavy atom. The van der Waals surface area contributed by atoms with E-state index in [1.807, 2.05) is 6.92 Å². The van der Waals surface area contributed by atoms with Crippen LogP contribution < -0.4 is 5.32 Å². The lowest BCUT2D eigenvalue weighted by molar-refractivity contribution is -0.227. The van der Waals surface area contributed by atoms with Crippen LogP contribution in [0, 0.1) is 51.2 Å². The molecule has 2 N–H and O–H groups in total. The van der Waals surface area contributed by atoms with Gasteiger partial charge in [-0.2, -0.15) is 0 Å². The van der Waals surface area contributed by atoms with Gasteiger partial charge in [0, 0.05) is 23.8 Å². The van der Waals surface area contributed by atoms with Crippen LogP contribution in [-0.4, -0.2) is 35.6 Å².